The highest BCUT2D eigenvalue weighted by molar-refractivity contribution is 7.89. The highest BCUT2D eigenvalue weighted by Crippen LogP contribution is 2.25. The summed E-state index contributed by atoms with van der Waals surface area (Å²) in [5, 5.41) is 0. The molecule has 3 rings (SSSR count). The number of pyridine rings is 1. The Bertz CT molecular complexity index is 603. The molecule has 1 saturated heterocycles. The Hall–Kier alpha value is -1.14. The molecule has 6 heteroatoms. The molecule has 1 aliphatic carbocycles. The molecule has 0 bridgehead atoms. The highest BCUT2D eigenvalue weighted by Gasteiger charge is 2.28. The number of sulfonamides is 1. The first-order valence-electron chi connectivity index (χ1n) is 8.84. The molecule has 23 heavy (non-hydrogen) atoms. The monoisotopic (exact) mass is 338 g/mol. The molecule has 2 aliphatic rings. The Kier molecular flexibility index (Phi) is 5.21. The van der Waals surface area contributed by atoms with Gasteiger partial charge in [0.25, 0.3) is 5.82 Å². The van der Waals surface area contributed by atoms with Crippen LogP contribution in [0, 0.1) is 0 Å². The number of rotatable bonds is 4. The third-order valence-electron chi connectivity index (χ3n) is 5.22. The molecule has 0 spiro atoms. The van der Waals surface area contributed by atoms with E-state index in [4.69, 9.17) is 0 Å². The molecule has 128 valence electrons. The average Bonchev–Trinajstić information content (AvgIpc) is 2.63. The van der Waals surface area contributed by atoms with Crippen LogP contribution in [0.4, 0.5) is 5.82 Å². The van der Waals surface area contributed by atoms with Gasteiger partial charge in [-0.25, -0.2) is 13.4 Å². The lowest BCUT2D eigenvalue weighted by Gasteiger charge is -2.27. The topological polar surface area (TPSA) is 54.8 Å². The first kappa shape index (κ1) is 16.7. The van der Waals surface area contributed by atoms with E-state index in [-0.39, 0.29) is 0 Å². The third-order valence-corrected chi connectivity index (χ3v) is 7.12. The van der Waals surface area contributed by atoms with Gasteiger partial charge in [-0.3, -0.25) is 4.90 Å². The predicted molar refractivity (Wildman–Crippen MR) is 90.9 cm³/mol. The van der Waals surface area contributed by atoms with Gasteiger partial charge in [0.05, 0.1) is 13.1 Å². The molecule has 2 heterocycles. The van der Waals surface area contributed by atoms with E-state index in [2.05, 4.69) is 16.9 Å². The van der Waals surface area contributed by atoms with Crippen molar-refractivity contribution in [3.05, 3.63) is 18.3 Å². The van der Waals surface area contributed by atoms with Crippen LogP contribution >= 0.6 is 0 Å². The maximum atomic E-state index is 12.7. The minimum Gasteiger partial charge on any atom is -0.262 e. The van der Waals surface area contributed by atoms with Gasteiger partial charge in [-0.05, 0) is 44.6 Å². The van der Waals surface area contributed by atoms with Crippen molar-refractivity contribution < 1.29 is 13.4 Å². The number of piperidine rings is 1. The molecule has 1 aromatic rings. The molecule has 0 atom stereocenters. The molecular formula is C17H28N3O2S+. The summed E-state index contributed by atoms with van der Waals surface area (Å²) in [5.74, 6) is 0.995. The van der Waals surface area contributed by atoms with Gasteiger partial charge in [-0.15, -0.1) is 0 Å². The van der Waals surface area contributed by atoms with Crippen LogP contribution in [0.3, 0.4) is 0 Å². The lowest BCUT2D eigenvalue weighted by molar-refractivity contribution is -0.367. The van der Waals surface area contributed by atoms with Crippen LogP contribution in [0.5, 0.6) is 0 Å². The summed E-state index contributed by atoms with van der Waals surface area (Å²) >= 11 is 0. The largest absolute Gasteiger partial charge is 0.274 e. The van der Waals surface area contributed by atoms with E-state index in [9.17, 15) is 8.42 Å². The normalized spacial score (nSPS) is 21.3. The van der Waals surface area contributed by atoms with E-state index >= 15 is 0 Å². The van der Waals surface area contributed by atoms with E-state index in [1.165, 1.54) is 32.1 Å². The number of nitrogens with one attached hydrogen (secondary N) is 1. The lowest BCUT2D eigenvalue weighted by Crippen LogP contribution is -2.38. The maximum absolute atomic E-state index is 12.7. The molecule has 0 amide bonds. The Morgan fingerprint density at radius 3 is 2.30 bits per heavy atom. The second-order valence-corrected chi connectivity index (χ2v) is 8.72. The first-order chi connectivity index (χ1) is 11.1. The summed E-state index contributed by atoms with van der Waals surface area (Å²) in [6, 6.07) is 4.21. The molecule has 5 nitrogen and oxygen atoms in total. The smallest absolute Gasteiger partial charge is 0.262 e. The maximum Gasteiger partial charge on any atom is 0.274 e. The van der Waals surface area contributed by atoms with Crippen molar-refractivity contribution in [1.82, 2.24) is 4.31 Å². The number of anilines is 1. The zero-order chi connectivity index (χ0) is 16.3. The number of aromatic nitrogens is 1. The Morgan fingerprint density at radius 1 is 1.04 bits per heavy atom. The summed E-state index contributed by atoms with van der Waals surface area (Å²) < 4.78 is 26.9. The van der Waals surface area contributed by atoms with Gasteiger partial charge in [0.1, 0.15) is 11.1 Å². The summed E-state index contributed by atoms with van der Waals surface area (Å²) in [4.78, 5) is 5.83. The van der Waals surface area contributed by atoms with Gasteiger partial charge in [0.2, 0.25) is 10.0 Å². The van der Waals surface area contributed by atoms with E-state index in [1.807, 2.05) is 6.07 Å². The van der Waals surface area contributed by atoms with Crippen LogP contribution in [-0.4, -0.2) is 38.9 Å². The zero-order valence-corrected chi connectivity index (χ0v) is 14.8. The second kappa shape index (κ2) is 7.18. The number of aromatic amines is 1. The van der Waals surface area contributed by atoms with Gasteiger partial charge in [-0.2, -0.15) is 4.31 Å². The zero-order valence-electron chi connectivity index (χ0n) is 14.0. The van der Waals surface area contributed by atoms with Gasteiger partial charge in [-0.1, -0.05) is 12.8 Å². The van der Waals surface area contributed by atoms with Gasteiger partial charge >= 0.3 is 0 Å². The van der Waals surface area contributed by atoms with Crippen LogP contribution in [0.25, 0.3) is 0 Å². The quantitative estimate of drug-likeness (QED) is 0.847. The molecule has 1 saturated carbocycles. The van der Waals surface area contributed by atoms with Crippen molar-refractivity contribution in [3.63, 3.8) is 0 Å². The molecule has 1 N–H and O–H groups in total. The van der Waals surface area contributed by atoms with Crippen LogP contribution in [0.1, 0.15) is 51.4 Å². The summed E-state index contributed by atoms with van der Waals surface area (Å²) in [5.41, 5.74) is 0. The molecule has 0 radical (unpaired) electrons. The van der Waals surface area contributed by atoms with E-state index in [1.54, 1.807) is 16.6 Å². The summed E-state index contributed by atoms with van der Waals surface area (Å²) in [6.07, 6.45) is 11.1. The van der Waals surface area contributed by atoms with E-state index < -0.39 is 10.0 Å². The Balaban J connectivity index is 1.73. The van der Waals surface area contributed by atoms with Gasteiger partial charge < -0.3 is 0 Å². The second-order valence-electron chi connectivity index (χ2n) is 6.78. The van der Waals surface area contributed by atoms with Crippen molar-refractivity contribution >= 4 is 15.8 Å². The third kappa shape index (κ3) is 3.69. The van der Waals surface area contributed by atoms with Crippen molar-refractivity contribution in [2.75, 3.05) is 25.0 Å². The Labute approximate surface area is 139 Å². The number of hydrogen-bond acceptors (Lipinski definition) is 3. The van der Waals surface area contributed by atoms with Gasteiger partial charge in [0, 0.05) is 19.2 Å². The summed E-state index contributed by atoms with van der Waals surface area (Å²) in [7, 11) is -1.25. The highest BCUT2D eigenvalue weighted by atomic mass is 32.2. The van der Waals surface area contributed by atoms with Crippen LogP contribution in [0.2, 0.25) is 0 Å². The number of hydrogen-bond donors (Lipinski definition) is 0. The SMILES string of the molecule is CN(c1ccc(S(=O)(=O)N2CCCCC2)c[nH+]1)C1CCCCC1. The fourth-order valence-electron chi connectivity index (χ4n) is 3.70. The minimum absolute atomic E-state index is 0.375. The molecule has 2 fully saturated rings. The molecule has 0 aromatic carbocycles. The van der Waals surface area contributed by atoms with Gasteiger partial charge in [0.15, 0.2) is 0 Å². The van der Waals surface area contributed by atoms with Crippen molar-refractivity contribution in [2.24, 2.45) is 0 Å². The number of H-pyrrole nitrogens is 1. The van der Waals surface area contributed by atoms with E-state index in [0.29, 0.717) is 24.0 Å². The predicted octanol–water partition coefficient (Wildman–Crippen LogP) is 2.44. The van der Waals surface area contributed by atoms with E-state index in [0.717, 1.165) is 25.1 Å². The fourth-order valence-corrected chi connectivity index (χ4v) is 5.19. The van der Waals surface area contributed by atoms with Crippen molar-refractivity contribution in [1.29, 1.82) is 0 Å². The Morgan fingerprint density at radius 2 is 1.70 bits per heavy atom. The fraction of sp³-hybridized carbons (Fsp3) is 0.706. The van der Waals surface area contributed by atoms with Crippen LogP contribution in [-0.2, 0) is 10.0 Å². The van der Waals surface area contributed by atoms with Crippen molar-refractivity contribution in [2.45, 2.75) is 62.3 Å². The first-order valence-corrected chi connectivity index (χ1v) is 10.3. The molecular weight excluding hydrogens is 310 g/mol. The molecule has 0 unspecified atom stereocenters. The van der Waals surface area contributed by atoms with Crippen LogP contribution < -0.4 is 9.88 Å². The standard InChI is InChI=1S/C17H27N3O2S/c1-19(15-8-4-2-5-9-15)17-11-10-16(14-18-17)23(21,22)20-12-6-3-7-13-20/h10-11,14-15H,2-9,12-13H2,1H3/p+1. The van der Waals surface area contributed by atoms with Crippen LogP contribution in [0.15, 0.2) is 23.2 Å². The molecule has 1 aromatic heterocycles. The number of nitrogens with zero attached hydrogens (tertiary/aromatic N) is 2. The lowest BCUT2D eigenvalue weighted by atomic mass is 9.94. The minimum atomic E-state index is -3.35. The molecule has 1 aliphatic heterocycles. The summed E-state index contributed by atoms with van der Waals surface area (Å²) in [6.45, 7) is 1.29. The average molecular weight is 338 g/mol. The van der Waals surface area contributed by atoms with Crippen molar-refractivity contribution in [3.8, 4) is 0 Å².